The fourth-order valence-corrected chi connectivity index (χ4v) is 6.74. The number of hydrogen-bond donors (Lipinski definition) is 0. The number of carbonyl (C=O) groups is 1. The van der Waals surface area contributed by atoms with Crippen LogP contribution in [0.5, 0.6) is 0 Å². The van der Waals surface area contributed by atoms with Gasteiger partial charge in [0.05, 0.1) is 21.7 Å². The number of amides is 1. The van der Waals surface area contributed by atoms with E-state index >= 15 is 0 Å². The molecular formula is C25H21F3N4O3S2. The van der Waals surface area contributed by atoms with Crippen LogP contribution >= 0.6 is 11.3 Å². The van der Waals surface area contributed by atoms with Crippen molar-refractivity contribution in [2.75, 3.05) is 18.0 Å². The molecule has 0 spiro atoms. The fourth-order valence-electron chi connectivity index (χ4n) is 4.27. The van der Waals surface area contributed by atoms with Gasteiger partial charge in [-0.1, -0.05) is 17.4 Å². The largest absolute Gasteiger partial charge is 0.283 e. The smallest absolute Gasteiger partial charge is 0.243 e. The van der Waals surface area contributed by atoms with E-state index in [-0.39, 0.29) is 43.3 Å². The molecule has 0 aliphatic carbocycles. The minimum Gasteiger partial charge on any atom is -0.283 e. The van der Waals surface area contributed by atoms with E-state index in [1.165, 1.54) is 32.7 Å². The highest BCUT2D eigenvalue weighted by Crippen LogP contribution is 2.33. The van der Waals surface area contributed by atoms with Crippen molar-refractivity contribution in [2.45, 2.75) is 24.3 Å². The van der Waals surface area contributed by atoms with Crippen LogP contribution in [0, 0.1) is 23.4 Å². The van der Waals surface area contributed by atoms with E-state index in [0.717, 1.165) is 17.7 Å². The van der Waals surface area contributed by atoms with Gasteiger partial charge < -0.3 is 0 Å². The fraction of sp³-hybridized carbons (Fsp3) is 0.240. The van der Waals surface area contributed by atoms with Gasteiger partial charge in [-0.2, -0.15) is 4.31 Å². The molecule has 5 rings (SSSR count). The highest BCUT2D eigenvalue weighted by molar-refractivity contribution is 7.89. The van der Waals surface area contributed by atoms with Crippen LogP contribution in [0.2, 0.25) is 0 Å². The van der Waals surface area contributed by atoms with Gasteiger partial charge >= 0.3 is 0 Å². The molecule has 192 valence electrons. The predicted molar refractivity (Wildman–Crippen MR) is 133 cm³/mol. The molecular weight excluding hydrogens is 525 g/mol. The molecule has 0 atom stereocenters. The topological polar surface area (TPSA) is 83.5 Å². The second-order valence-corrected chi connectivity index (χ2v) is 11.6. The van der Waals surface area contributed by atoms with Crippen molar-refractivity contribution in [3.8, 4) is 0 Å². The Hall–Kier alpha value is -3.35. The molecule has 0 unspecified atom stereocenters. The number of pyridine rings is 1. The number of fused-ring (bicyclic) bond motifs is 1. The lowest BCUT2D eigenvalue weighted by Crippen LogP contribution is -2.44. The standard InChI is InChI=1S/C25H21F3N4O3S2/c26-18-3-6-22-23(12-18)36-25(30-22)32(15-16-2-1-9-29-14-16)24(33)17-7-10-31(11-8-17)37(34,35)19-4-5-20(27)21(28)13-19/h1-6,9,12-14,17H,7-8,10-11,15H2. The first-order valence-corrected chi connectivity index (χ1v) is 13.7. The average molecular weight is 547 g/mol. The Morgan fingerprint density at radius 3 is 2.54 bits per heavy atom. The molecule has 7 nitrogen and oxygen atoms in total. The molecule has 3 heterocycles. The van der Waals surface area contributed by atoms with Crippen molar-refractivity contribution in [2.24, 2.45) is 5.92 Å². The third-order valence-corrected chi connectivity index (χ3v) is 9.17. The van der Waals surface area contributed by atoms with Crippen molar-refractivity contribution in [3.63, 3.8) is 0 Å². The molecule has 0 radical (unpaired) electrons. The van der Waals surface area contributed by atoms with Crippen molar-refractivity contribution < 1.29 is 26.4 Å². The maximum Gasteiger partial charge on any atom is 0.243 e. The summed E-state index contributed by atoms with van der Waals surface area (Å²) in [6.45, 7) is 0.287. The number of hydrogen-bond acceptors (Lipinski definition) is 6. The zero-order valence-corrected chi connectivity index (χ0v) is 21.0. The van der Waals surface area contributed by atoms with E-state index in [0.29, 0.717) is 21.4 Å². The summed E-state index contributed by atoms with van der Waals surface area (Å²) in [5, 5.41) is 0.409. The van der Waals surface area contributed by atoms with Crippen LogP contribution in [0.25, 0.3) is 10.2 Å². The Labute approximate surface area is 215 Å². The minimum absolute atomic E-state index is 0.0452. The number of thiazole rings is 1. The Bertz CT molecular complexity index is 1560. The summed E-state index contributed by atoms with van der Waals surface area (Å²) < 4.78 is 68.3. The molecule has 12 heteroatoms. The molecule has 1 aliphatic heterocycles. The third-order valence-electron chi connectivity index (χ3n) is 6.23. The van der Waals surface area contributed by atoms with Crippen LogP contribution in [-0.2, 0) is 21.4 Å². The monoisotopic (exact) mass is 546 g/mol. The quantitative estimate of drug-likeness (QED) is 0.349. The van der Waals surface area contributed by atoms with E-state index in [2.05, 4.69) is 9.97 Å². The Balaban J connectivity index is 1.37. The SMILES string of the molecule is O=C(C1CCN(S(=O)(=O)c2ccc(F)c(F)c2)CC1)N(Cc1cccnc1)c1nc2ccc(F)cc2s1. The normalized spacial score (nSPS) is 15.2. The summed E-state index contributed by atoms with van der Waals surface area (Å²) in [6.07, 6.45) is 3.75. The number of aromatic nitrogens is 2. The van der Waals surface area contributed by atoms with E-state index in [1.54, 1.807) is 24.5 Å². The first-order valence-electron chi connectivity index (χ1n) is 11.4. The molecule has 0 N–H and O–H groups in total. The number of rotatable bonds is 6. The molecule has 1 fully saturated rings. The Morgan fingerprint density at radius 2 is 1.84 bits per heavy atom. The number of anilines is 1. The van der Waals surface area contributed by atoms with E-state index in [4.69, 9.17) is 0 Å². The van der Waals surface area contributed by atoms with Crippen LogP contribution in [0.1, 0.15) is 18.4 Å². The van der Waals surface area contributed by atoms with Gasteiger partial charge in [-0.05, 0) is 60.9 Å². The van der Waals surface area contributed by atoms with Crippen molar-refractivity contribution in [3.05, 3.63) is 83.9 Å². The molecule has 1 amide bonds. The number of carbonyl (C=O) groups excluding carboxylic acids is 1. The summed E-state index contributed by atoms with van der Waals surface area (Å²) >= 11 is 1.20. The van der Waals surface area contributed by atoms with Gasteiger partial charge in [0.25, 0.3) is 0 Å². The maximum absolute atomic E-state index is 13.7. The Morgan fingerprint density at radius 1 is 1.05 bits per heavy atom. The molecule has 4 aromatic rings. The lowest BCUT2D eigenvalue weighted by atomic mass is 9.96. The van der Waals surface area contributed by atoms with Crippen LogP contribution in [0.3, 0.4) is 0 Å². The molecule has 2 aromatic heterocycles. The summed E-state index contributed by atoms with van der Waals surface area (Å²) in [6, 6.07) is 10.3. The number of nitrogens with zero attached hydrogens (tertiary/aromatic N) is 4. The van der Waals surface area contributed by atoms with Gasteiger partial charge in [0.15, 0.2) is 16.8 Å². The number of halogens is 3. The molecule has 1 aliphatic rings. The summed E-state index contributed by atoms with van der Waals surface area (Å²) in [7, 11) is -4.05. The number of piperidine rings is 1. The van der Waals surface area contributed by atoms with Gasteiger partial charge in [0.2, 0.25) is 15.9 Å². The number of sulfonamides is 1. The zero-order valence-electron chi connectivity index (χ0n) is 19.4. The van der Waals surface area contributed by atoms with Crippen LogP contribution in [0.4, 0.5) is 18.3 Å². The second kappa shape index (κ2) is 10.2. The Kier molecular flexibility index (Phi) is 6.97. The molecule has 37 heavy (non-hydrogen) atoms. The van der Waals surface area contributed by atoms with Gasteiger partial charge in [0.1, 0.15) is 5.82 Å². The average Bonchev–Trinajstić information content (AvgIpc) is 3.32. The second-order valence-electron chi connectivity index (χ2n) is 8.65. The lowest BCUT2D eigenvalue weighted by molar-refractivity contribution is -0.123. The van der Waals surface area contributed by atoms with E-state index in [9.17, 15) is 26.4 Å². The summed E-state index contributed by atoms with van der Waals surface area (Å²) in [5.41, 5.74) is 1.34. The highest BCUT2D eigenvalue weighted by atomic mass is 32.2. The molecule has 2 aromatic carbocycles. The summed E-state index contributed by atoms with van der Waals surface area (Å²) in [5.74, 6) is -3.49. The van der Waals surface area contributed by atoms with Gasteiger partial charge in [-0.25, -0.2) is 26.6 Å². The van der Waals surface area contributed by atoms with Gasteiger partial charge in [-0.3, -0.25) is 14.7 Å². The van der Waals surface area contributed by atoms with E-state index in [1.807, 2.05) is 6.07 Å². The van der Waals surface area contributed by atoms with Crippen molar-refractivity contribution in [1.29, 1.82) is 0 Å². The van der Waals surface area contributed by atoms with E-state index < -0.39 is 33.4 Å². The molecule has 0 saturated carbocycles. The highest BCUT2D eigenvalue weighted by Gasteiger charge is 2.35. The molecule has 1 saturated heterocycles. The van der Waals surface area contributed by atoms with Crippen molar-refractivity contribution >= 4 is 42.6 Å². The van der Waals surface area contributed by atoms with Gasteiger partial charge in [0, 0.05) is 31.4 Å². The third kappa shape index (κ3) is 5.22. The van der Waals surface area contributed by atoms with Gasteiger partial charge in [-0.15, -0.1) is 0 Å². The van der Waals surface area contributed by atoms with Crippen LogP contribution in [-0.4, -0.2) is 41.7 Å². The van der Waals surface area contributed by atoms with Crippen LogP contribution < -0.4 is 4.90 Å². The van der Waals surface area contributed by atoms with Crippen molar-refractivity contribution in [1.82, 2.24) is 14.3 Å². The zero-order chi connectivity index (χ0) is 26.2. The number of benzene rings is 2. The maximum atomic E-state index is 13.7. The minimum atomic E-state index is -4.05. The lowest BCUT2D eigenvalue weighted by Gasteiger charge is -2.33. The predicted octanol–water partition coefficient (Wildman–Crippen LogP) is 4.74. The first kappa shape index (κ1) is 25.3. The van der Waals surface area contributed by atoms with Crippen LogP contribution in [0.15, 0.2) is 65.8 Å². The molecule has 0 bridgehead atoms. The summed E-state index contributed by atoms with van der Waals surface area (Å²) in [4.78, 5) is 23.5. The first-order chi connectivity index (χ1) is 17.7.